The normalized spacial score (nSPS) is 12.8. The lowest BCUT2D eigenvalue weighted by atomic mass is 10.1. The van der Waals surface area contributed by atoms with Crippen LogP contribution in [0.25, 0.3) is 0 Å². The summed E-state index contributed by atoms with van der Waals surface area (Å²) in [5, 5.41) is 0. The number of hydrogen-bond donors (Lipinski definition) is 0. The molecule has 0 N–H and O–H groups in total. The van der Waals surface area contributed by atoms with Crippen molar-refractivity contribution in [2.24, 2.45) is 0 Å². The van der Waals surface area contributed by atoms with Gasteiger partial charge in [-0.2, -0.15) is 0 Å². The maximum atomic E-state index is 12.7. The zero-order valence-corrected chi connectivity index (χ0v) is 21.0. The number of benzene rings is 2. The predicted molar refractivity (Wildman–Crippen MR) is 139 cm³/mol. The van der Waals surface area contributed by atoms with E-state index in [-0.39, 0.29) is 0 Å². The van der Waals surface area contributed by atoms with Crippen LogP contribution in [-0.4, -0.2) is 31.1 Å². The number of allylic oxidation sites excluding steroid dienone is 4. The molecule has 192 valence electrons. The van der Waals surface area contributed by atoms with E-state index in [0.29, 0.717) is 60.9 Å². The van der Waals surface area contributed by atoms with Gasteiger partial charge in [0.2, 0.25) is 0 Å². The Hall–Kier alpha value is -4.39. The van der Waals surface area contributed by atoms with Crippen LogP contribution in [0.1, 0.15) is 42.1 Å². The van der Waals surface area contributed by atoms with Gasteiger partial charge in [0, 0.05) is 11.6 Å². The third-order valence-corrected chi connectivity index (χ3v) is 5.46. The Labute approximate surface area is 216 Å². The molecule has 0 bridgehead atoms. The first kappa shape index (κ1) is 27.2. The summed E-state index contributed by atoms with van der Waals surface area (Å²) in [5.74, 6) is 0.0349. The molecular formula is C30H30O7. The van der Waals surface area contributed by atoms with Gasteiger partial charge in [0.05, 0.1) is 18.8 Å². The molecule has 0 unspecified atom stereocenters. The van der Waals surface area contributed by atoms with E-state index in [1.165, 1.54) is 0 Å². The predicted octanol–water partition coefficient (Wildman–Crippen LogP) is 5.81. The van der Waals surface area contributed by atoms with Gasteiger partial charge in [-0.25, -0.2) is 14.4 Å². The van der Waals surface area contributed by atoms with Crippen LogP contribution in [0.2, 0.25) is 0 Å². The topological polar surface area (TPSA) is 88.1 Å². The lowest BCUT2D eigenvalue weighted by molar-refractivity contribution is -0.138. The molecule has 0 atom stereocenters. The molecule has 0 spiro atoms. The third-order valence-electron chi connectivity index (χ3n) is 5.46. The van der Waals surface area contributed by atoms with Gasteiger partial charge in [-0.3, -0.25) is 0 Å². The first-order valence-corrected chi connectivity index (χ1v) is 12.0. The van der Waals surface area contributed by atoms with Crippen LogP contribution in [0.5, 0.6) is 11.5 Å². The highest BCUT2D eigenvalue weighted by Gasteiger charge is 2.17. The van der Waals surface area contributed by atoms with Gasteiger partial charge in [0.1, 0.15) is 17.3 Å². The van der Waals surface area contributed by atoms with E-state index < -0.39 is 17.9 Å². The SMILES string of the molecule is C=CC(=O)OCCCCOc1ccc(C(=O)OC2=CC=C(C(=O)Oc3ccc(C)cc3)CC=C2C)cc1. The largest absolute Gasteiger partial charge is 0.494 e. The molecule has 1 aliphatic carbocycles. The number of hydrogen-bond acceptors (Lipinski definition) is 7. The molecule has 0 aromatic heterocycles. The molecule has 0 radical (unpaired) electrons. The second-order valence-electron chi connectivity index (χ2n) is 8.36. The van der Waals surface area contributed by atoms with Crippen LogP contribution in [0.15, 0.2) is 96.3 Å². The van der Waals surface area contributed by atoms with E-state index in [4.69, 9.17) is 18.9 Å². The van der Waals surface area contributed by atoms with Crippen molar-refractivity contribution >= 4 is 17.9 Å². The molecule has 37 heavy (non-hydrogen) atoms. The summed E-state index contributed by atoms with van der Waals surface area (Å²) < 4.78 is 21.6. The summed E-state index contributed by atoms with van der Waals surface area (Å²) in [6, 6.07) is 13.9. The Morgan fingerprint density at radius 2 is 1.51 bits per heavy atom. The van der Waals surface area contributed by atoms with Gasteiger partial charge < -0.3 is 18.9 Å². The quantitative estimate of drug-likeness (QED) is 0.166. The van der Waals surface area contributed by atoms with Crippen molar-refractivity contribution in [1.29, 1.82) is 0 Å². The smallest absolute Gasteiger partial charge is 0.343 e. The number of esters is 3. The number of aryl methyl sites for hydroxylation is 1. The minimum absolute atomic E-state index is 0.313. The van der Waals surface area contributed by atoms with Crippen molar-refractivity contribution in [1.82, 2.24) is 0 Å². The number of rotatable bonds is 11. The molecule has 7 heteroatoms. The minimum atomic E-state index is -0.520. The molecule has 2 aromatic rings. The van der Waals surface area contributed by atoms with E-state index in [1.54, 1.807) is 48.6 Å². The van der Waals surface area contributed by atoms with E-state index in [9.17, 15) is 14.4 Å². The molecule has 7 nitrogen and oxygen atoms in total. The Kier molecular flexibility index (Phi) is 10.0. The van der Waals surface area contributed by atoms with Gasteiger partial charge in [-0.15, -0.1) is 0 Å². The minimum Gasteiger partial charge on any atom is -0.494 e. The maximum absolute atomic E-state index is 12.7. The Morgan fingerprint density at radius 1 is 0.838 bits per heavy atom. The average molecular weight is 503 g/mol. The lowest BCUT2D eigenvalue weighted by Gasteiger charge is -2.10. The Bertz CT molecular complexity index is 1220. The zero-order chi connectivity index (χ0) is 26.6. The molecular weight excluding hydrogens is 472 g/mol. The summed E-state index contributed by atoms with van der Waals surface area (Å²) >= 11 is 0. The van der Waals surface area contributed by atoms with E-state index in [0.717, 1.165) is 17.2 Å². The molecule has 0 heterocycles. The average Bonchev–Trinajstić information content (AvgIpc) is 3.08. The fourth-order valence-corrected chi connectivity index (χ4v) is 3.26. The lowest BCUT2D eigenvalue weighted by Crippen LogP contribution is -2.10. The highest BCUT2D eigenvalue weighted by atomic mass is 16.5. The third kappa shape index (κ3) is 8.65. The highest BCUT2D eigenvalue weighted by molar-refractivity contribution is 5.92. The van der Waals surface area contributed by atoms with Crippen molar-refractivity contribution in [3.63, 3.8) is 0 Å². The first-order chi connectivity index (χ1) is 17.9. The molecule has 0 aliphatic heterocycles. The fourth-order valence-electron chi connectivity index (χ4n) is 3.26. The van der Waals surface area contributed by atoms with Crippen molar-refractivity contribution in [2.75, 3.05) is 13.2 Å². The second-order valence-corrected chi connectivity index (χ2v) is 8.36. The Morgan fingerprint density at radius 3 is 2.22 bits per heavy atom. The number of ether oxygens (including phenoxy) is 4. The monoisotopic (exact) mass is 502 g/mol. The van der Waals surface area contributed by atoms with Crippen LogP contribution >= 0.6 is 0 Å². The molecule has 0 amide bonds. The van der Waals surface area contributed by atoms with Crippen LogP contribution in [0.4, 0.5) is 0 Å². The van der Waals surface area contributed by atoms with Gasteiger partial charge in [-0.05, 0) is 87.2 Å². The van der Waals surface area contributed by atoms with E-state index in [2.05, 4.69) is 6.58 Å². The van der Waals surface area contributed by atoms with Crippen LogP contribution in [-0.2, 0) is 19.1 Å². The molecule has 0 fully saturated rings. The van der Waals surface area contributed by atoms with Gasteiger partial charge >= 0.3 is 17.9 Å². The summed E-state index contributed by atoms with van der Waals surface area (Å²) in [6.45, 7) is 7.88. The van der Waals surface area contributed by atoms with Crippen molar-refractivity contribution in [3.05, 3.63) is 107 Å². The molecule has 0 saturated carbocycles. The zero-order valence-electron chi connectivity index (χ0n) is 21.0. The molecule has 1 aliphatic rings. The summed E-state index contributed by atoms with van der Waals surface area (Å²) in [5.41, 5.74) is 2.63. The fraction of sp³-hybridized carbons (Fsp3) is 0.233. The standard InChI is InChI=1S/C30H30O7/c1-4-28(31)35-20-6-5-19-34-25-16-11-24(12-17-25)30(33)37-27-18-13-23(10-9-22(27)3)29(32)36-26-14-7-21(2)8-15-26/h4,7-9,11-18H,1,5-6,10,19-20H2,2-3H3. The van der Waals surface area contributed by atoms with Crippen molar-refractivity contribution in [3.8, 4) is 11.5 Å². The number of carbonyl (C=O) groups excluding carboxylic acids is 3. The van der Waals surface area contributed by atoms with Crippen LogP contribution in [0, 0.1) is 6.92 Å². The second kappa shape index (κ2) is 13.6. The molecule has 2 aromatic carbocycles. The van der Waals surface area contributed by atoms with Crippen molar-refractivity contribution in [2.45, 2.75) is 33.1 Å². The Balaban J connectivity index is 1.52. The van der Waals surface area contributed by atoms with Gasteiger partial charge in [0.25, 0.3) is 0 Å². The molecule has 3 rings (SSSR count). The van der Waals surface area contributed by atoms with Gasteiger partial charge in [-0.1, -0.05) is 30.4 Å². The van der Waals surface area contributed by atoms with Crippen LogP contribution < -0.4 is 9.47 Å². The molecule has 0 saturated heterocycles. The summed E-state index contributed by atoms with van der Waals surface area (Å²) in [7, 11) is 0. The number of carbonyl (C=O) groups is 3. The van der Waals surface area contributed by atoms with E-state index in [1.807, 2.05) is 32.1 Å². The first-order valence-electron chi connectivity index (χ1n) is 12.0. The van der Waals surface area contributed by atoms with E-state index >= 15 is 0 Å². The highest BCUT2D eigenvalue weighted by Crippen LogP contribution is 2.23. The van der Waals surface area contributed by atoms with Crippen molar-refractivity contribution < 1.29 is 33.3 Å². The van der Waals surface area contributed by atoms with Crippen LogP contribution in [0.3, 0.4) is 0 Å². The summed E-state index contributed by atoms with van der Waals surface area (Å²) in [6.07, 6.45) is 7.91. The number of unbranched alkanes of at least 4 members (excludes halogenated alkanes) is 1. The summed E-state index contributed by atoms with van der Waals surface area (Å²) in [4.78, 5) is 36.2. The van der Waals surface area contributed by atoms with Gasteiger partial charge in [0.15, 0.2) is 0 Å². The maximum Gasteiger partial charge on any atom is 0.343 e.